The maximum Gasteiger partial charge on any atom is 0.261 e. The lowest BCUT2D eigenvalue weighted by atomic mass is 9.96. The smallest absolute Gasteiger partial charge is 0.261 e. The average molecular weight is 370 g/mol. The van der Waals surface area contributed by atoms with Crippen LogP contribution < -0.4 is 10.9 Å². The van der Waals surface area contributed by atoms with Crippen LogP contribution in [0, 0.1) is 12.8 Å². The van der Waals surface area contributed by atoms with Crippen LogP contribution in [0.1, 0.15) is 31.7 Å². The number of nitrogens with one attached hydrogen (secondary N) is 1. The van der Waals surface area contributed by atoms with Gasteiger partial charge in [0, 0.05) is 25.6 Å². The van der Waals surface area contributed by atoms with Crippen molar-refractivity contribution in [3.63, 3.8) is 0 Å². The first-order valence-corrected chi connectivity index (χ1v) is 9.51. The summed E-state index contributed by atoms with van der Waals surface area (Å²) in [6.45, 7) is 5.67. The Balaban J connectivity index is 1.63. The summed E-state index contributed by atoms with van der Waals surface area (Å²) in [6.07, 6.45) is 3.67. The SMILES string of the molecule is CCCNC(=O)C1CCN(C(=O)Cn2cnc3c(C)cccc3c2=O)CC1. The van der Waals surface area contributed by atoms with E-state index in [1.165, 1.54) is 10.9 Å². The predicted octanol–water partition coefficient (Wildman–Crippen LogP) is 1.47. The number of carbonyl (C=O) groups excluding carboxylic acids is 2. The summed E-state index contributed by atoms with van der Waals surface area (Å²) in [5.41, 5.74) is 1.41. The van der Waals surface area contributed by atoms with Gasteiger partial charge in [-0.15, -0.1) is 0 Å². The van der Waals surface area contributed by atoms with Gasteiger partial charge in [0.25, 0.3) is 5.56 Å². The molecule has 0 atom stereocenters. The summed E-state index contributed by atoms with van der Waals surface area (Å²) in [7, 11) is 0. The first kappa shape index (κ1) is 19.1. The number of fused-ring (bicyclic) bond motifs is 1. The van der Waals surface area contributed by atoms with Crippen molar-refractivity contribution in [1.29, 1.82) is 0 Å². The molecular weight excluding hydrogens is 344 g/mol. The molecular formula is C20H26N4O3. The van der Waals surface area contributed by atoms with Gasteiger partial charge in [-0.05, 0) is 37.8 Å². The minimum Gasteiger partial charge on any atom is -0.356 e. The van der Waals surface area contributed by atoms with Gasteiger partial charge < -0.3 is 10.2 Å². The molecule has 7 heteroatoms. The van der Waals surface area contributed by atoms with Crippen LogP contribution in [0.5, 0.6) is 0 Å². The number of nitrogens with zero attached hydrogens (tertiary/aromatic N) is 3. The van der Waals surface area contributed by atoms with Gasteiger partial charge in [0.2, 0.25) is 11.8 Å². The van der Waals surface area contributed by atoms with Crippen molar-refractivity contribution < 1.29 is 9.59 Å². The molecule has 0 spiro atoms. The molecule has 1 aromatic heterocycles. The largest absolute Gasteiger partial charge is 0.356 e. The fourth-order valence-corrected chi connectivity index (χ4v) is 3.48. The van der Waals surface area contributed by atoms with Crippen molar-refractivity contribution in [2.45, 2.75) is 39.7 Å². The third-order valence-electron chi connectivity index (χ3n) is 5.13. The molecule has 2 heterocycles. The standard InChI is InChI=1S/C20H26N4O3/c1-3-9-21-19(26)15-7-10-23(11-8-15)17(25)12-24-13-22-18-14(2)5-4-6-16(18)20(24)27/h4-6,13,15H,3,7-12H2,1-2H3,(H,21,26). The van der Waals surface area contributed by atoms with Gasteiger partial charge in [0.15, 0.2) is 0 Å². The van der Waals surface area contributed by atoms with Gasteiger partial charge in [-0.3, -0.25) is 19.0 Å². The first-order valence-electron chi connectivity index (χ1n) is 9.51. The Kier molecular flexibility index (Phi) is 5.88. The molecule has 1 aliphatic heterocycles. The molecule has 2 aromatic rings. The first-order chi connectivity index (χ1) is 13.0. The summed E-state index contributed by atoms with van der Waals surface area (Å²) in [5.74, 6) is -0.0683. The van der Waals surface area contributed by atoms with Crippen LogP contribution in [0.25, 0.3) is 10.9 Å². The molecule has 1 N–H and O–H groups in total. The van der Waals surface area contributed by atoms with E-state index < -0.39 is 0 Å². The van der Waals surface area contributed by atoms with E-state index in [1.54, 1.807) is 11.0 Å². The van der Waals surface area contributed by atoms with E-state index in [0.717, 1.165) is 12.0 Å². The monoisotopic (exact) mass is 370 g/mol. The van der Waals surface area contributed by atoms with Gasteiger partial charge in [0.05, 0.1) is 17.2 Å². The molecule has 1 aromatic carbocycles. The average Bonchev–Trinajstić information content (AvgIpc) is 2.68. The molecule has 27 heavy (non-hydrogen) atoms. The van der Waals surface area contributed by atoms with E-state index in [9.17, 15) is 14.4 Å². The van der Waals surface area contributed by atoms with Gasteiger partial charge in [-0.2, -0.15) is 0 Å². The molecule has 7 nitrogen and oxygen atoms in total. The highest BCUT2D eigenvalue weighted by Gasteiger charge is 2.27. The van der Waals surface area contributed by atoms with Crippen molar-refractivity contribution in [2.75, 3.05) is 19.6 Å². The van der Waals surface area contributed by atoms with E-state index in [1.807, 2.05) is 26.0 Å². The van der Waals surface area contributed by atoms with Crippen molar-refractivity contribution in [1.82, 2.24) is 19.8 Å². The van der Waals surface area contributed by atoms with Gasteiger partial charge >= 0.3 is 0 Å². The van der Waals surface area contributed by atoms with E-state index in [4.69, 9.17) is 0 Å². The van der Waals surface area contributed by atoms with Crippen molar-refractivity contribution >= 4 is 22.7 Å². The van der Waals surface area contributed by atoms with E-state index >= 15 is 0 Å². The molecule has 0 saturated carbocycles. The number of benzene rings is 1. The van der Waals surface area contributed by atoms with Crippen LogP contribution >= 0.6 is 0 Å². The Morgan fingerprint density at radius 1 is 1.26 bits per heavy atom. The summed E-state index contributed by atoms with van der Waals surface area (Å²) in [4.78, 5) is 43.4. The van der Waals surface area contributed by atoms with Crippen LogP contribution in [0.3, 0.4) is 0 Å². The maximum atomic E-state index is 12.6. The predicted molar refractivity (Wildman–Crippen MR) is 103 cm³/mol. The van der Waals surface area contributed by atoms with Crippen LogP contribution in [0.4, 0.5) is 0 Å². The number of rotatable bonds is 5. The van der Waals surface area contributed by atoms with E-state index in [-0.39, 0.29) is 29.8 Å². The zero-order valence-electron chi connectivity index (χ0n) is 15.9. The Labute approximate surface area is 158 Å². The number of aromatic nitrogens is 2. The molecule has 3 rings (SSSR count). The molecule has 0 unspecified atom stereocenters. The molecule has 0 bridgehead atoms. The minimum absolute atomic E-state index is 0.0254. The van der Waals surface area contributed by atoms with E-state index in [2.05, 4.69) is 10.3 Å². The third kappa shape index (κ3) is 4.18. The molecule has 1 aliphatic rings. The second-order valence-electron chi connectivity index (χ2n) is 7.09. The topological polar surface area (TPSA) is 84.3 Å². The highest BCUT2D eigenvalue weighted by molar-refractivity contribution is 5.82. The second-order valence-corrected chi connectivity index (χ2v) is 7.09. The Hall–Kier alpha value is -2.70. The zero-order valence-corrected chi connectivity index (χ0v) is 15.9. The highest BCUT2D eigenvalue weighted by atomic mass is 16.2. The number of hydrogen-bond donors (Lipinski definition) is 1. The van der Waals surface area contributed by atoms with Crippen molar-refractivity contribution in [3.05, 3.63) is 40.4 Å². The zero-order chi connectivity index (χ0) is 19.4. The summed E-state index contributed by atoms with van der Waals surface area (Å²) >= 11 is 0. The van der Waals surface area contributed by atoms with Crippen LogP contribution in [0.2, 0.25) is 0 Å². The Morgan fingerprint density at radius 2 is 2.00 bits per heavy atom. The highest BCUT2D eigenvalue weighted by Crippen LogP contribution is 2.18. The van der Waals surface area contributed by atoms with Gasteiger partial charge in [-0.25, -0.2) is 4.98 Å². The number of likely N-dealkylation sites (tertiary alicyclic amines) is 1. The Morgan fingerprint density at radius 3 is 2.70 bits per heavy atom. The third-order valence-corrected chi connectivity index (χ3v) is 5.13. The molecule has 2 amide bonds. The fraction of sp³-hybridized carbons (Fsp3) is 0.500. The number of hydrogen-bond acceptors (Lipinski definition) is 4. The normalized spacial score (nSPS) is 15.1. The number of piperidine rings is 1. The Bertz CT molecular complexity index is 898. The van der Waals surface area contributed by atoms with Crippen LogP contribution in [-0.2, 0) is 16.1 Å². The van der Waals surface area contributed by atoms with Gasteiger partial charge in [-0.1, -0.05) is 19.1 Å². The quantitative estimate of drug-likeness (QED) is 0.864. The molecule has 0 aliphatic carbocycles. The van der Waals surface area contributed by atoms with Crippen LogP contribution in [-0.4, -0.2) is 45.9 Å². The lowest BCUT2D eigenvalue weighted by Crippen LogP contribution is -2.44. The number of aryl methyl sites for hydroxylation is 1. The summed E-state index contributed by atoms with van der Waals surface area (Å²) < 4.78 is 1.37. The van der Waals surface area contributed by atoms with Crippen molar-refractivity contribution in [2.24, 2.45) is 5.92 Å². The second kappa shape index (κ2) is 8.33. The fourth-order valence-electron chi connectivity index (χ4n) is 3.48. The number of amides is 2. The van der Waals surface area contributed by atoms with Gasteiger partial charge in [0.1, 0.15) is 6.54 Å². The number of para-hydroxylation sites is 1. The molecule has 144 valence electrons. The maximum absolute atomic E-state index is 12.6. The molecule has 0 radical (unpaired) electrons. The minimum atomic E-state index is -0.203. The molecule has 1 saturated heterocycles. The summed E-state index contributed by atoms with van der Waals surface area (Å²) in [6, 6.07) is 5.46. The van der Waals surface area contributed by atoms with Crippen LogP contribution in [0.15, 0.2) is 29.3 Å². The number of carbonyl (C=O) groups is 2. The lowest BCUT2D eigenvalue weighted by molar-refractivity contribution is -0.136. The molecule has 1 fully saturated rings. The van der Waals surface area contributed by atoms with Crippen molar-refractivity contribution in [3.8, 4) is 0 Å². The van der Waals surface area contributed by atoms with E-state index in [0.29, 0.717) is 43.4 Å². The lowest BCUT2D eigenvalue weighted by Gasteiger charge is -2.31. The summed E-state index contributed by atoms with van der Waals surface area (Å²) in [5, 5.41) is 3.44.